The molecule has 1 aromatic rings. The summed E-state index contributed by atoms with van der Waals surface area (Å²) in [6.45, 7) is 1.15. The molecule has 0 radical (unpaired) electrons. The standard InChI is InChI=1S/C15H19Cl2NO/c16-8-10-18(11-9-17)15(19)14-7-3-5-12-4-1-2-6-13(12)14/h1-2,4,6,14H,3,5,7-11H2. The first-order chi connectivity index (χ1) is 9.27. The Hall–Kier alpha value is -0.730. The van der Waals surface area contributed by atoms with Crippen LogP contribution >= 0.6 is 23.2 Å². The highest BCUT2D eigenvalue weighted by molar-refractivity contribution is 6.18. The molecule has 0 N–H and O–H groups in total. The van der Waals surface area contributed by atoms with Gasteiger partial charge in [0.05, 0.1) is 5.92 Å². The Bertz CT molecular complexity index is 430. The van der Waals surface area contributed by atoms with Crippen LogP contribution in [0, 0.1) is 0 Å². The molecular weight excluding hydrogens is 281 g/mol. The van der Waals surface area contributed by atoms with E-state index in [0.29, 0.717) is 24.8 Å². The Balaban J connectivity index is 2.19. The van der Waals surface area contributed by atoms with Crippen molar-refractivity contribution in [3.05, 3.63) is 35.4 Å². The molecule has 0 saturated heterocycles. The zero-order valence-corrected chi connectivity index (χ0v) is 12.5. The van der Waals surface area contributed by atoms with E-state index in [-0.39, 0.29) is 11.8 Å². The van der Waals surface area contributed by atoms with E-state index < -0.39 is 0 Å². The summed E-state index contributed by atoms with van der Waals surface area (Å²) in [6.07, 6.45) is 3.07. The molecular formula is C15H19Cl2NO. The fourth-order valence-corrected chi connectivity index (χ4v) is 3.18. The predicted octanol–water partition coefficient (Wildman–Crippen LogP) is 3.41. The number of nitrogens with zero attached hydrogens (tertiary/aromatic N) is 1. The maximum atomic E-state index is 12.6. The topological polar surface area (TPSA) is 20.3 Å². The summed E-state index contributed by atoms with van der Waals surface area (Å²) in [5, 5.41) is 0. The average molecular weight is 300 g/mol. The van der Waals surface area contributed by atoms with E-state index >= 15 is 0 Å². The average Bonchev–Trinajstić information content (AvgIpc) is 2.46. The number of fused-ring (bicyclic) bond motifs is 1. The summed E-state index contributed by atoms with van der Waals surface area (Å²) in [5.41, 5.74) is 2.50. The number of benzene rings is 1. The van der Waals surface area contributed by atoms with Gasteiger partial charge in [-0.25, -0.2) is 0 Å². The number of carbonyl (C=O) groups excluding carboxylic acids is 1. The first-order valence-electron chi connectivity index (χ1n) is 6.76. The van der Waals surface area contributed by atoms with Crippen LogP contribution in [0.5, 0.6) is 0 Å². The van der Waals surface area contributed by atoms with Crippen molar-refractivity contribution in [2.75, 3.05) is 24.8 Å². The number of carbonyl (C=O) groups is 1. The van der Waals surface area contributed by atoms with E-state index in [9.17, 15) is 4.79 Å². The molecule has 0 aromatic heterocycles. The third kappa shape index (κ3) is 3.43. The van der Waals surface area contributed by atoms with E-state index in [4.69, 9.17) is 23.2 Å². The molecule has 0 spiro atoms. The molecule has 2 rings (SSSR count). The van der Waals surface area contributed by atoms with Gasteiger partial charge in [-0.2, -0.15) is 0 Å². The fourth-order valence-electron chi connectivity index (χ4n) is 2.77. The molecule has 19 heavy (non-hydrogen) atoms. The van der Waals surface area contributed by atoms with Gasteiger partial charge >= 0.3 is 0 Å². The highest BCUT2D eigenvalue weighted by Crippen LogP contribution is 2.32. The minimum absolute atomic E-state index is 0.0172. The lowest BCUT2D eigenvalue weighted by Crippen LogP contribution is -2.39. The van der Waals surface area contributed by atoms with Crippen molar-refractivity contribution in [3.63, 3.8) is 0 Å². The number of alkyl halides is 2. The minimum Gasteiger partial charge on any atom is -0.340 e. The van der Waals surface area contributed by atoms with Gasteiger partial charge in [0.25, 0.3) is 0 Å². The van der Waals surface area contributed by atoms with Crippen molar-refractivity contribution in [3.8, 4) is 0 Å². The Morgan fingerprint density at radius 1 is 1.21 bits per heavy atom. The molecule has 0 bridgehead atoms. The van der Waals surface area contributed by atoms with E-state index in [1.807, 2.05) is 12.1 Å². The van der Waals surface area contributed by atoms with Gasteiger partial charge in [-0.1, -0.05) is 24.3 Å². The van der Waals surface area contributed by atoms with Crippen LogP contribution in [0.4, 0.5) is 0 Å². The van der Waals surface area contributed by atoms with Crippen LogP contribution in [0.3, 0.4) is 0 Å². The number of hydrogen-bond acceptors (Lipinski definition) is 1. The molecule has 1 aliphatic carbocycles. The number of amides is 1. The van der Waals surface area contributed by atoms with E-state index in [1.54, 1.807) is 4.90 Å². The number of hydrogen-bond donors (Lipinski definition) is 0. The zero-order chi connectivity index (χ0) is 13.7. The molecule has 1 unspecified atom stereocenters. The summed E-state index contributed by atoms with van der Waals surface area (Å²) in [7, 11) is 0. The molecule has 0 aliphatic heterocycles. The van der Waals surface area contributed by atoms with Gasteiger partial charge in [0, 0.05) is 24.8 Å². The van der Waals surface area contributed by atoms with Crippen molar-refractivity contribution in [1.82, 2.24) is 4.90 Å². The van der Waals surface area contributed by atoms with Crippen molar-refractivity contribution in [2.45, 2.75) is 25.2 Å². The second-order valence-corrected chi connectivity index (χ2v) is 5.60. The predicted molar refractivity (Wildman–Crippen MR) is 80.1 cm³/mol. The van der Waals surface area contributed by atoms with Gasteiger partial charge in [0.1, 0.15) is 0 Å². The number of halogens is 2. The summed E-state index contributed by atoms with van der Waals surface area (Å²) in [6, 6.07) is 8.26. The van der Waals surface area contributed by atoms with Gasteiger partial charge < -0.3 is 4.90 Å². The Labute approximate surface area is 124 Å². The van der Waals surface area contributed by atoms with Gasteiger partial charge in [-0.3, -0.25) is 4.79 Å². The van der Waals surface area contributed by atoms with Crippen LogP contribution in [0.15, 0.2) is 24.3 Å². The van der Waals surface area contributed by atoms with Crippen LogP contribution in [0.2, 0.25) is 0 Å². The first-order valence-corrected chi connectivity index (χ1v) is 7.83. The quantitative estimate of drug-likeness (QED) is 0.763. The number of rotatable bonds is 5. The van der Waals surface area contributed by atoms with Gasteiger partial charge in [-0.15, -0.1) is 23.2 Å². The molecule has 1 amide bonds. The van der Waals surface area contributed by atoms with Crippen molar-refractivity contribution < 1.29 is 4.79 Å². The maximum absolute atomic E-state index is 12.6. The lowest BCUT2D eigenvalue weighted by molar-refractivity contribution is -0.132. The molecule has 104 valence electrons. The lowest BCUT2D eigenvalue weighted by Gasteiger charge is -2.30. The van der Waals surface area contributed by atoms with Crippen molar-refractivity contribution in [1.29, 1.82) is 0 Å². The van der Waals surface area contributed by atoms with Crippen LogP contribution in [-0.2, 0) is 11.2 Å². The SMILES string of the molecule is O=C(C1CCCc2ccccc21)N(CCCl)CCCl. The van der Waals surface area contributed by atoms with Crippen LogP contribution in [0.25, 0.3) is 0 Å². The second-order valence-electron chi connectivity index (χ2n) is 4.85. The largest absolute Gasteiger partial charge is 0.340 e. The van der Waals surface area contributed by atoms with E-state index in [2.05, 4.69) is 12.1 Å². The van der Waals surface area contributed by atoms with Crippen molar-refractivity contribution in [2.24, 2.45) is 0 Å². The van der Waals surface area contributed by atoms with Crippen molar-refractivity contribution >= 4 is 29.1 Å². The highest BCUT2D eigenvalue weighted by atomic mass is 35.5. The molecule has 0 saturated carbocycles. The summed E-state index contributed by atoms with van der Waals surface area (Å²) in [5.74, 6) is 1.07. The van der Waals surface area contributed by atoms with E-state index in [1.165, 1.54) is 11.1 Å². The molecule has 1 aliphatic rings. The molecule has 0 heterocycles. The third-order valence-corrected chi connectivity index (χ3v) is 4.03. The van der Waals surface area contributed by atoms with Crippen LogP contribution in [-0.4, -0.2) is 35.7 Å². The zero-order valence-electron chi connectivity index (χ0n) is 10.9. The summed E-state index contributed by atoms with van der Waals surface area (Å²) in [4.78, 5) is 14.4. The summed E-state index contributed by atoms with van der Waals surface area (Å²) < 4.78 is 0. The third-order valence-electron chi connectivity index (χ3n) is 3.69. The van der Waals surface area contributed by atoms with Crippen LogP contribution in [0.1, 0.15) is 29.9 Å². The lowest BCUT2D eigenvalue weighted by atomic mass is 9.82. The summed E-state index contributed by atoms with van der Waals surface area (Å²) >= 11 is 11.6. The van der Waals surface area contributed by atoms with Gasteiger partial charge in [0.2, 0.25) is 5.91 Å². The Morgan fingerprint density at radius 3 is 2.58 bits per heavy atom. The molecule has 0 fully saturated rings. The fraction of sp³-hybridized carbons (Fsp3) is 0.533. The smallest absolute Gasteiger partial charge is 0.230 e. The Kier molecular flexibility index (Phi) is 5.53. The van der Waals surface area contributed by atoms with Gasteiger partial charge in [-0.05, 0) is 30.4 Å². The number of aryl methyl sites for hydroxylation is 1. The van der Waals surface area contributed by atoms with Gasteiger partial charge in [0.15, 0.2) is 0 Å². The normalized spacial score (nSPS) is 17.9. The maximum Gasteiger partial charge on any atom is 0.230 e. The molecule has 1 atom stereocenters. The second kappa shape index (κ2) is 7.16. The molecule has 1 aromatic carbocycles. The molecule has 2 nitrogen and oxygen atoms in total. The van der Waals surface area contributed by atoms with E-state index in [0.717, 1.165) is 19.3 Å². The first kappa shape index (κ1) is 14.7. The molecule has 4 heteroatoms. The Morgan fingerprint density at radius 2 is 1.89 bits per heavy atom. The monoisotopic (exact) mass is 299 g/mol. The minimum atomic E-state index is -0.0172. The highest BCUT2D eigenvalue weighted by Gasteiger charge is 2.29. The van der Waals surface area contributed by atoms with Crippen LogP contribution < -0.4 is 0 Å².